The van der Waals surface area contributed by atoms with Crippen molar-refractivity contribution in [3.63, 3.8) is 0 Å². The molecule has 1 saturated heterocycles. The molecule has 0 N–H and O–H groups in total. The third-order valence-electron chi connectivity index (χ3n) is 5.32. The van der Waals surface area contributed by atoms with E-state index in [1.54, 1.807) is 30.3 Å². The second-order valence-corrected chi connectivity index (χ2v) is 6.85. The number of nitro groups is 2. The first-order chi connectivity index (χ1) is 12.2. The lowest BCUT2D eigenvalue weighted by atomic mass is 9.60. The normalized spacial score (nSPS) is 30.8. The van der Waals surface area contributed by atoms with E-state index >= 15 is 0 Å². The van der Waals surface area contributed by atoms with E-state index in [4.69, 9.17) is 0 Å². The first-order valence-corrected chi connectivity index (χ1v) is 8.03. The van der Waals surface area contributed by atoms with Gasteiger partial charge >= 0.3 is 5.54 Å². The number of benzene rings is 1. The molecular weight excluding hydrogens is 342 g/mol. The number of Topliss-reactive ketones (excluding diaryl/α,β-unsaturated/α-hetero) is 1. The summed E-state index contributed by atoms with van der Waals surface area (Å²) in [5, 5.41) is 23.8. The molecular formula is C17H17N3O6. The number of piperidine rings is 1. The van der Waals surface area contributed by atoms with E-state index in [-0.39, 0.29) is 13.1 Å². The van der Waals surface area contributed by atoms with E-state index in [1.165, 1.54) is 11.9 Å². The molecule has 9 heteroatoms. The van der Waals surface area contributed by atoms with Crippen molar-refractivity contribution < 1.29 is 19.4 Å². The number of fused-ring (bicyclic) bond motifs is 2. The molecule has 3 atom stereocenters. The smallest absolute Gasteiger partial charge is 0.294 e. The number of nitrogens with zero attached hydrogens (tertiary/aromatic N) is 3. The average Bonchev–Trinajstić information content (AvgIpc) is 2.60. The van der Waals surface area contributed by atoms with E-state index in [0.29, 0.717) is 5.56 Å². The molecule has 2 bridgehead atoms. The summed E-state index contributed by atoms with van der Waals surface area (Å²) in [6.45, 7) is -0.377. The van der Waals surface area contributed by atoms with Crippen LogP contribution >= 0.6 is 0 Å². The second kappa shape index (κ2) is 6.10. The van der Waals surface area contributed by atoms with E-state index in [0.717, 1.165) is 12.2 Å². The standard InChI is InChI=1S/C17H17N3O6/c1-18-10-16(19(23)24)8-7-15(22)17(11-18,20(25)26)14(16)9-13(21)12-5-3-2-4-6-12/h2-8,14H,9-11H2,1H3/t14-,16+,17-/m1/s1. The molecule has 0 unspecified atom stereocenters. The van der Waals surface area contributed by atoms with Crippen LogP contribution in [0.15, 0.2) is 42.5 Å². The maximum Gasteiger partial charge on any atom is 0.305 e. The molecule has 1 aromatic rings. The summed E-state index contributed by atoms with van der Waals surface area (Å²) in [6.07, 6.45) is 1.60. The van der Waals surface area contributed by atoms with Crippen molar-refractivity contribution in [1.29, 1.82) is 0 Å². The number of rotatable bonds is 5. The van der Waals surface area contributed by atoms with E-state index in [9.17, 15) is 29.8 Å². The second-order valence-electron chi connectivity index (χ2n) is 6.85. The van der Waals surface area contributed by atoms with Gasteiger partial charge in [0.2, 0.25) is 5.78 Å². The van der Waals surface area contributed by atoms with Crippen molar-refractivity contribution in [1.82, 2.24) is 4.90 Å². The van der Waals surface area contributed by atoms with Crippen LogP contribution in [-0.4, -0.2) is 57.5 Å². The van der Waals surface area contributed by atoms with Crippen molar-refractivity contribution >= 4 is 11.6 Å². The molecule has 3 rings (SSSR count). The van der Waals surface area contributed by atoms with Gasteiger partial charge in [-0.2, -0.15) is 0 Å². The van der Waals surface area contributed by atoms with Crippen LogP contribution in [-0.2, 0) is 4.79 Å². The van der Waals surface area contributed by atoms with Gasteiger partial charge in [-0.05, 0) is 19.2 Å². The van der Waals surface area contributed by atoms with Crippen LogP contribution in [0.4, 0.5) is 0 Å². The molecule has 26 heavy (non-hydrogen) atoms. The summed E-state index contributed by atoms with van der Waals surface area (Å²) in [5.74, 6) is -2.63. The van der Waals surface area contributed by atoms with E-state index < -0.39 is 44.8 Å². The zero-order valence-electron chi connectivity index (χ0n) is 14.0. The number of hydrogen-bond acceptors (Lipinski definition) is 7. The highest BCUT2D eigenvalue weighted by atomic mass is 16.6. The third-order valence-corrected chi connectivity index (χ3v) is 5.32. The highest BCUT2D eigenvalue weighted by Crippen LogP contribution is 2.45. The molecule has 136 valence electrons. The Balaban J connectivity index is 2.13. The van der Waals surface area contributed by atoms with Crippen molar-refractivity contribution in [3.05, 3.63) is 68.3 Å². The quantitative estimate of drug-likeness (QED) is 0.436. The summed E-state index contributed by atoms with van der Waals surface area (Å²) in [7, 11) is 1.50. The first-order valence-electron chi connectivity index (χ1n) is 8.03. The fourth-order valence-corrected chi connectivity index (χ4v) is 4.11. The molecule has 0 radical (unpaired) electrons. The van der Waals surface area contributed by atoms with Crippen molar-refractivity contribution in [2.45, 2.75) is 17.5 Å². The Morgan fingerprint density at radius 3 is 2.42 bits per heavy atom. The molecule has 9 nitrogen and oxygen atoms in total. The molecule has 0 amide bonds. The molecule has 0 saturated carbocycles. The summed E-state index contributed by atoms with van der Waals surface area (Å²) in [6, 6.07) is 8.08. The monoisotopic (exact) mass is 359 g/mol. The van der Waals surface area contributed by atoms with Gasteiger partial charge < -0.3 is 0 Å². The molecule has 1 fully saturated rings. The molecule has 1 aliphatic carbocycles. The average molecular weight is 359 g/mol. The van der Waals surface area contributed by atoms with Crippen molar-refractivity contribution in [3.8, 4) is 0 Å². The van der Waals surface area contributed by atoms with Crippen LogP contribution in [0.2, 0.25) is 0 Å². The predicted octanol–water partition coefficient (Wildman–Crippen LogP) is 0.991. The Hall–Kier alpha value is -2.94. The molecule has 1 heterocycles. The number of hydrogen-bond donors (Lipinski definition) is 0. The summed E-state index contributed by atoms with van der Waals surface area (Å²) in [5.41, 5.74) is -3.77. The maximum atomic E-state index is 12.7. The molecule has 0 spiro atoms. The Kier molecular flexibility index (Phi) is 4.19. The van der Waals surface area contributed by atoms with Crippen LogP contribution in [0.25, 0.3) is 0 Å². The molecule has 2 aliphatic rings. The lowest BCUT2D eigenvalue weighted by Gasteiger charge is -2.47. The van der Waals surface area contributed by atoms with Crippen LogP contribution in [0.5, 0.6) is 0 Å². The zero-order valence-corrected chi connectivity index (χ0v) is 14.0. The van der Waals surface area contributed by atoms with Crippen molar-refractivity contribution in [2.75, 3.05) is 20.1 Å². The summed E-state index contributed by atoms with van der Waals surface area (Å²) < 4.78 is 0. The topological polar surface area (TPSA) is 124 Å². The summed E-state index contributed by atoms with van der Waals surface area (Å²) >= 11 is 0. The molecule has 1 aromatic carbocycles. The highest BCUT2D eigenvalue weighted by molar-refractivity contribution is 6.01. The Morgan fingerprint density at radius 2 is 1.85 bits per heavy atom. The number of carbonyl (C=O) groups is 2. The SMILES string of the molecule is CN1C[C@@]2([N+](=O)[O-])C=CC(=O)[C@@]([N+](=O)[O-])(C1)[C@@H]2CC(=O)c1ccccc1. The lowest BCUT2D eigenvalue weighted by Crippen LogP contribution is -2.74. The fourth-order valence-electron chi connectivity index (χ4n) is 4.11. The van der Waals surface area contributed by atoms with Crippen molar-refractivity contribution in [2.24, 2.45) is 5.92 Å². The minimum atomic E-state index is -2.21. The zero-order chi connectivity index (χ0) is 19.1. The molecule has 1 aliphatic heterocycles. The predicted molar refractivity (Wildman–Crippen MR) is 90.0 cm³/mol. The maximum absolute atomic E-state index is 12.7. The minimum absolute atomic E-state index is 0.105. The van der Waals surface area contributed by atoms with E-state index in [2.05, 4.69) is 0 Å². The highest BCUT2D eigenvalue weighted by Gasteiger charge is 2.73. The number of likely N-dealkylation sites (N-methyl/N-ethyl adjacent to an activating group) is 1. The number of likely N-dealkylation sites (tertiary alicyclic amines) is 1. The molecule has 0 aromatic heterocycles. The number of carbonyl (C=O) groups excluding carboxylic acids is 2. The van der Waals surface area contributed by atoms with Gasteiger partial charge in [0.25, 0.3) is 5.54 Å². The Bertz CT molecular complexity index is 823. The van der Waals surface area contributed by atoms with Crippen LogP contribution < -0.4 is 0 Å². The van der Waals surface area contributed by atoms with Crippen LogP contribution in [0, 0.1) is 26.1 Å². The van der Waals surface area contributed by atoms with Gasteiger partial charge in [0.05, 0.1) is 13.1 Å². The first kappa shape index (κ1) is 17.9. The van der Waals surface area contributed by atoms with Gasteiger partial charge in [-0.25, -0.2) is 0 Å². The minimum Gasteiger partial charge on any atom is -0.294 e. The van der Waals surface area contributed by atoms with Gasteiger partial charge in [-0.3, -0.25) is 34.7 Å². The van der Waals surface area contributed by atoms with Gasteiger partial charge in [0.15, 0.2) is 5.78 Å². The number of ketones is 2. The van der Waals surface area contributed by atoms with Crippen LogP contribution in [0.1, 0.15) is 16.8 Å². The van der Waals surface area contributed by atoms with Gasteiger partial charge in [-0.15, -0.1) is 0 Å². The lowest BCUT2D eigenvalue weighted by molar-refractivity contribution is -0.623. The van der Waals surface area contributed by atoms with Gasteiger partial charge in [-0.1, -0.05) is 30.3 Å². The Morgan fingerprint density at radius 1 is 1.19 bits per heavy atom. The summed E-state index contributed by atoms with van der Waals surface area (Å²) in [4.78, 5) is 49.1. The van der Waals surface area contributed by atoms with E-state index in [1.807, 2.05) is 0 Å². The third kappa shape index (κ3) is 2.43. The van der Waals surface area contributed by atoms with Gasteiger partial charge in [0.1, 0.15) is 5.92 Å². The van der Waals surface area contributed by atoms with Crippen LogP contribution in [0.3, 0.4) is 0 Å². The Labute approximate surface area is 148 Å². The fraction of sp³-hybridized carbons (Fsp3) is 0.412. The van der Waals surface area contributed by atoms with Gasteiger partial charge in [0, 0.05) is 21.8 Å². The largest absolute Gasteiger partial charge is 0.305 e.